The van der Waals surface area contributed by atoms with Crippen molar-refractivity contribution >= 4 is 26.9 Å². The number of nitrogens with zero attached hydrogens (tertiary/aromatic N) is 2. The zero-order chi connectivity index (χ0) is 14.4. The van der Waals surface area contributed by atoms with Gasteiger partial charge in [-0.1, -0.05) is 0 Å². The van der Waals surface area contributed by atoms with Crippen LogP contribution in [0.25, 0.3) is 22.3 Å². The normalized spacial score (nSPS) is 11.2. The van der Waals surface area contributed by atoms with Gasteiger partial charge in [-0.05, 0) is 47.5 Å². The van der Waals surface area contributed by atoms with Crippen molar-refractivity contribution in [1.82, 2.24) is 9.78 Å². The smallest absolute Gasteiger partial charge is 0.196 e. The number of hydrogen-bond acceptors (Lipinski definition) is 3. The van der Waals surface area contributed by atoms with Gasteiger partial charge in [0.25, 0.3) is 0 Å². The maximum absolute atomic E-state index is 12.5. The van der Waals surface area contributed by atoms with Gasteiger partial charge in [0.2, 0.25) is 0 Å². The summed E-state index contributed by atoms with van der Waals surface area (Å²) in [4.78, 5) is 12.5. The first-order valence-corrected chi connectivity index (χ1v) is 6.99. The highest BCUT2D eigenvalue weighted by atomic mass is 79.9. The molecule has 3 aromatic rings. The summed E-state index contributed by atoms with van der Waals surface area (Å²) < 4.78 is 8.43. The van der Waals surface area contributed by atoms with Crippen molar-refractivity contribution in [2.24, 2.45) is 7.05 Å². The van der Waals surface area contributed by atoms with Gasteiger partial charge in [0.05, 0.1) is 21.6 Å². The van der Waals surface area contributed by atoms with Gasteiger partial charge in [-0.2, -0.15) is 5.10 Å². The summed E-state index contributed by atoms with van der Waals surface area (Å²) >= 11 is 3.46. The second kappa shape index (κ2) is 4.59. The van der Waals surface area contributed by atoms with Crippen molar-refractivity contribution < 1.29 is 4.42 Å². The fraction of sp³-hybridized carbons (Fsp3) is 0.200. The van der Waals surface area contributed by atoms with Crippen LogP contribution in [-0.2, 0) is 7.05 Å². The zero-order valence-electron chi connectivity index (χ0n) is 11.4. The van der Waals surface area contributed by atoms with Gasteiger partial charge in [0.15, 0.2) is 11.0 Å². The quantitative estimate of drug-likeness (QED) is 0.684. The van der Waals surface area contributed by atoms with Gasteiger partial charge in [-0.15, -0.1) is 0 Å². The zero-order valence-corrected chi connectivity index (χ0v) is 13.0. The fourth-order valence-corrected chi connectivity index (χ4v) is 2.95. The molecular weight excluding hydrogens is 320 g/mol. The molecule has 1 aromatic carbocycles. The van der Waals surface area contributed by atoms with Gasteiger partial charge in [0.1, 0.15) is 5.76 Å². The summed E-state index contributed by atoms with van der Waals surface area (Å²) in [6.07, 6.45) is 3.53. The first kappa shape index (κ1) is 13.1. The highest BCUT2D eigenvalue weighted by Crippen LogP contribution is 2.30. The Morgan fingerprint density at radius 1 is 1.30 bits per heavy atom. The van der Waals surface area contributed by atoms with Gasteiger partial charge in [-0.3, -0.25) is 9.48 Å². The van der Waals surface area contributed by atoms with E-state index in [1.165, 1.54) is 0 Å². The average Bonchev–Trinajstić information content (AvgIpc) is 2.81. The molecule has 0 fully saturated rings. The minimum atomic E-state index is -0.00509. The number of aryl methyl sites for hydroxylation is 2. The van der Waals surface area contributed by atoms with Crippen LogP contribution in [0.2, 0.25) is 0 Å². The summed E-state index contributed by atoms with van der Waals surface area (Å²) in [6, 6.07) is 3.79. The molecule has 0 spiro atoms. The monoisotopic (exact) mass is 332 g/mol. The molecule has 3 rings (SSSR count). The molecule has 0 aliphatic carbocycles. The van der Waals surface area contributed by atoms with Crippen LogP contribution >= 0.6 is 15.9 Å². The van der Waals surface area contributed by atoms with Crippen molar-refractivity contribution in [3.05, 3.63) is 50.3 Å². The molecule has 0 bridgehead atoms. The number of hydrogen-bond donors (Lipinski definition) is 0. The maximum atomic E-state index is 12.5. The van der Waals surface area contributed by atoms with E-state index in [1.54, 1.807) is 17.8 Å². The Morgan fingerprint density at radius 3 is 2.70 bits per heavy atom. The van der Waals surface area contributed by atoms with Crippen molar-refractivity contribution in [1.29, 1.82) is 0 Å². The second-order valence-corrected chi connectivity index (χ2v) is 5.77. The molecule has 102 valence electrons. The van der Waals surface area contributed by atoms with Gasteiger partial charge < -0.3 is 4.42 Å². The third-order valence-corrected chi connectivity index (χ3v) is 3.87. The number of rotatable bonds is 1. The number of benzene rings is 1. The van der Waals surface area contributed by atoms with E-state index in [-0.39, 0.29) is 5.43 Å². The van der Waals surface area contributed by atoms with E-state index in [4.69, 9.17) is 4.42 Å². The van der Waals surface area contributed by atoms with E-state index in [1.807, 2.05) is 32.3 Å². The third-order valence-electron chi connectivity index (χ3n) is 3.28. The lowest BCUT2D eigenvalue weighted by atomic mass is 10.1. The predicted octanol–water partition coefficient (Wildman–Crippen LogP) is 3.57. The van der Waals surface area contributed by atoms with E-state index in [0.717, 1.165) is 15.6 Å². The van der Waals surface area contributed by atoms with Crippen molar-refractivity contribution in [2.45, 2.75) is 13.8 Å². The standard InChI is InChI=1S/C15H13BrN2O2/c1-8-4-11-13(19)9(2)14(10-6-17-18(3)7-10)20-15(11)12(16)5-8/h4-7H,1-3H3. The molecule has 2 aromatic heterocycles. The van der Waals surface area contributed by atoms with E-state index in [2.05, 4.69) is 21.0 Å². The molecule has 0 N–H and O–H groups in total. The molecule has 2 heterocycles. The topological polar surface area (TPSA) is 48.0 Å². The fourth-order valence-electron chi connectivity index (χ4n) is 2.30. The molecule has 0 aliphatic heterocycles. The lowest BCUT2D eigenvalue weighted by Crippen LogP contribution is -2.07. The molecule has 0 amide bonds. The highest BCUT2D eigenvalue weighted by molar-refractivity contribution is 9.10. The molecular formula is C15H13BrN2O2. The molecule has 0 saturated carbocycles. The molecule has 4 nitrogen and oxygen atoms in total. The highest BCUT2D eigenvalue weighted by Gasteiger charge is 2.15. The molecule has 0 radical (unpaired) electrons. The van der Waals surface area contributed by atoms with Gasteiger partial charge in [-0.25, -0.2) is 0 Å². The summed E-state index contributed by atoms with van der Waals surface area (Å²) in [6.45, 7) is 3.73. The first-order valence-electron chi connectivity index (χ1n) is 6.20. The van der Waals surface area contributed by atoms with Gasteiger partial charge >= 0.3 is 0 Å². The average molecular weight is 333 g/mol. The first-order chi connectivity index (χ1) is 9.47. The Hall–Kier alpha value is -1.88. The largest absolute Gasteiger partial charge is 0.454 e. The Morgan fingerprint density at radius 2 is 2.05 bits per heavy atom. The SMILES string of the molecule is Cc1cc(Br)c2oc(-c3cnn(C)c3)c(C)c(=O)c2c1. The van der Waals surface area contributed by atoms with Crippen LogP contribution in [0.1, 0.15) is 11.1 Å². The van der Waals surface area contributed by atoms with E-state index in [0.29, 0.717) is 22.3 Å². The minimum absolute atomic E-state index is 0.00509. The van der Waals surface area contributed by atoms with Crippen LogP contribution in [0.5, 0.6) is 0 Å². The molecule has 0 atom stereocenters. The number of aromatic nitrogens is 2. The summed E-state index contributed by atoms with van der Waals surface area (Å²) in [5.41, 5.74) is 2.99. The molecule has 0 saturated heterocycles. The number of halogens is 1. The Bertz CT molecular complexity index is 877. The minimum Gasteiger partial charge on any atom is -0.454 e. The van der Waals surface area contributed by atoms with Crippen LogP contribution in [0.15, 0.2) is 38.2 Å². The molecule has 0 aliphatic rings. The Kier molecular flexibility index (Phi) is 3.01. The predicted molar refractivity (Wildman–Crippen MR) is 81.9 cm³/mol. The Labute approximate surface area is 124 Å². The third kappa shape index (κ3) is 1.98. The molecule has 5 heteroatoms. The lowest BCUT2D eigenvalue weighted by molar-refractivity contribution is 0.612. The molecule has 0 unspecified atom stereocenters. The number of fused-ring (bicyclic) bond motifs is 1. The van der Waals surface area contributed by atoms with Crippen molar-refractivity contribution in [3.8, 4) is 11.3 Å². The molecule has 20 heavy (non-hydrogen) atoms. The van der Waals surface area contributed by atoms with E-state index >= 15 is 0 Å². The summed E-state index contributed by atoms with van der Waals surface area (Å²) in [5.74, 6) is 0.570. The summed E-state index contributed by atoms with van der Waals surface area (Å²) in [7, 11) is 1.83. The summed E-state index contributed by atoms with van der Waals surface area (Å²) in [5, 5.41) is 4.72. The second-order valence-electron chi connectivity index (χ2n) is 4.91. The van der Waals surface area contributed by atoms with E-state index < -0.39 is 0 Å². The van der Waals surface area contributed by atoms with Crippen LogP contribution in [-0.4, -0.2) is 9.78 Å². The van der Waals surface area contributed by atoms with Crippen LogP contribution in [0.4, 0.5) is 0 Å². The van der Waals surface area contributed by atoms with Crippen LogP contribution in [0, 0.1) is 13.8 Å². The lowest BCUT2D eigenvalue weighted by Gasteiger charge is -2.07. The van der Waals surface area contributed by atoms with Crippen LogP contribution in [0.3, 0.4) is 0 Å². The van der Waals surface area contributed by atoms with Crippen molar-refractivity contribution in [2.75, 3.05) is 0 Å². The van der Waals surface area contributed by atoms with E-state index in [9.17, 15) is 4.79 Å². The van der Waals surface area contributed by atoms with Crippen molar-refractivity contribution in [3.63, 3.8) is 0 Å². The maximum Gasteiger partial charge on any atom is 0.196 e. The van der Waals surface area contributed by atoms with Gasteiger partial charge in [0, 0.05) is 18.8 Å². The van der Waals surface area contributed by atoms with Crippen LogP contribution < -0.4 is 5.43 Å². The Balaban J connectivity index is 2.41.